The third-order valence-electron chi connectivity index (χ3n) is 2.35. The van der Waals surface area contributed by atoms with E-state index in [0.29, 0.717) is 12.1 Å². The van der Waals surface area contributed by atoms with Crippen LogP contribution >= 0.6 is 36.6 Å². The van der Waals surface area contributed by atoms with Gasteiger partial charge in [0.2, 0.25) is 5.91 Å². The number of nitrogens with zero attached hydrogens (tertiary/aromatic N) is 1. The van der Waals surface area contributed by atoms with Gasteiger partial charge >= 0.3 is 0 Å². The maximum Gasteiger partial charge on any atom is 0.241 e. The van der Waals surface area contributed by atoms with Gasteiger partial charge in [0.1, 0.15) is 0 Å². The Bertz CT molecular complexity index is 538. The van der Waals surface area contributed by atoms with Crippen molar-refractivity contribution in [1.29, 1.82) is 0 Å². The first-order valence-electron chi connectivity index (χ1n) is 5.56. The number of hydrogen-bond donors (Lipinski definition) is 2. The Kier molecular flexibility index (Phi) is 11.1. The molecule has 1 heterocycles. The minimum atomic E-state index is -3.33. The van der Waals surface area contributed by atoms with Gasteiger partial charge in [-0.3, -0.25) is 4.79 Å². The highest BCUT2D eigenvalue weighted by molar-refractivity contribution is 7.98. The van der Waals surface area contributed by atoms with Crippen molar-refractivity contribution in [2.45, 2.75) is 17.5 Å². The van der Waals surface area contributed by atoms with Gasteiger partial charge < -0.3 is 11.1 Å². The number of anilines is 1. The molecule has 0 saturated heterocycles. The molecule has 0 aliphatic rings. The predicted molar refractivity (Wildman–Crippen MR) is 91.4 cm³/mol. The first-order chi connectivity index (χ1) is 8.84. The summed E-state index contributed by atoms with van der Waals surface area (Å²) in [5, 5.41) is 2.57. The van der Waals surface area contributed by atoms with E-state index < -0.39 is 15.9 Å². The SMILES string of the molecule is CSCC[C@H](N)C(=O)Nc1ccc(S(C)(=O)=O)nc1.Cl.Cl. The zero-order chi connectivity index (χ0) is 14.5. The molecule has 1 aromatic rings. The van der Waals surface area contributed by atoms with Gasteiger partial charge in [0, 0.05) is 6.26 Å². The molecule has 0 saturated carbocycles. The topological polar surface area (TPSA) is 102 Å². The van der Waals surface area contributed by atoms with Crippen LogP contribution in [-0.2, 0) is 14.6 Å². The highest BCUT2D eigenvalue weighted by Gasteiger charge is 2.14. The van der Waals surface area contributed by atoms with E-state index in [1.165, 1.54) is 18.3 Å². The molecule has 0 bridgehead atoms. The maximum absolute atomic E-state index is 11.7. The molecule has 122 valence electrons. The van der Waals surface area contributed by atoms with Gasteiger partial charge in [-0.25, -0.2) is 13.4 Å². The van der Waals surface area contributed by atoms with E-state index >= 15 is 0 Å². The Hall–Kier alpha value is -0.540. The van der Waals surface area contributed by atoms with Crippen molar-refractivity contribution >= 4 is 58.0 Å². The van der Waals surface area contributed by atoms with Crippen LogP contribution in [0.25, 0.3) is 0 Å². The van der Waals surface area contributed by atoms with Crippen molar-refractivity contribution in [3.8, 4) is 0 Å². The number of carbonyl (C=O) groups excluding carboxylic acids is 1. The minimum absolute atomic E-state index is 0. The number of carbonyl (C=O) groups is 1. The van der Waals surface area contributed by atoms with Crippen LogP contribution in [0.15, 0.2) is 23.4 Å². The lowest BCUT2D eigenvalue weighted by molar-refractivity contribution is -0.117. The number of rotatable bonds is 6. The molecule has 1 aromatic heterocycles. The molecule has 0 aliphatic heterocycles. The normalized spacial score (nSPS) is 11.8. The highest BCUT2D eigenvalue weighted by Crippen LogP contribution is 2.11. The van der Waals surface area contributed by atoms with Crippen LogP contribution in [0, 0.1) is 0 Å². The molecule has 1 rings (SSSR count). The van der Waals surface area contributed by atoms with Gasteiger partial charge in [-0.1, -0.05) is 0 Å². The molecular weight excluding hydrogens is 357 g/mol. The highest BCUT2D eigenvalue weighted by atomic mass is 35.5. The fourth-order valence-corrected chi connectivity index (χ4v) is 2.33. The molecule has 0 unspecified atom stereocenters. The number of thioether (sulfide) groups is 1. The van der Waals surface area contributed by atoms with Gasteiger partial charge in [-0.15, -0.1) is 24.8 Å². The Morgan fingerprint density at radius 2 is 2.05 bits per heavy atom. The van der Waals surface area contributed by atoms with E-state index in [1.807, 2.05) is 6.26 Å². The zero-order valence-corrected chi connectivity index (χ0v) is 14.9. The van der Waals surface area contributed by atoms with E-state index in [0.717, 1.165) is 12.0 Å². The first kappa shape index (κ1) is 22.7. The molecule has 0 aromatic carbocycles. The third kappa shape index (κ3) is 7.87. The summed E-state index contributed by atoms with van der Waals surface area (Å²) in [7, 11) is -3.33. The quantitative estimate of drug-likeness (QED) is 0.777. The minimum Gasteiger partial charge on any atom is -0.323 e. The molecule has 1 amide bonds. The smallest absolute Gasteiger partial charge is 0.241 e. The lowest BCUT2D eigenvalue weighted by atomic mass is 10.2. The molecule has 0 spiro atoms. The lowest BCUT2D eigenvalue weighted by Gasteiger charge is -2.11. The Labute approximate surface area is 141 Å². The molecule has 1 atom stereocenters. The van der Waals surface area contributed by atoms with Gasteiger partial charge in [0.25, 0.3) is 0 Å². The van der Waals surface area contributed by atoms with Gasteiger partial charge in [0.15, 0.2) is 14.9 Å². The second-order valence-corrected chi connectivity index (χ2v) is 6.98. The predicted octanol–water partition coefficient (Wildman–Crippen LogP) is 1.35. The monoisotopic (exact) mass is 375 g/mol. The van der Waals surface area contributed by atoms with Crippen molar-refractivity contribution in [3.05, 3.63) is 18.3 Å². The molecule has 0 aliphatic carbocycles. The second kappa shape index (κ2) is 10.2. The Balaban J connectivity index is 0. The average Bonchev–Trinajstić information content (AvgIpc) is 2.35. The second-order valence-electron chi connectivity index (χ2n) is 4.03. The van der Waals surface area contributed by atoms with Crippen LogP contribution in [0.2, 0.25) is 0 Å². The number of pyridine rings is 1. The van der Waals surface area contributed by atoms with Crippen LogP contribution < -0.4 is 11.1 Å². The van der Waals surface area contributed by atoms with E-state index in [9.17, 15) is 13.2 Å². The van der Waals surface area contributed by atoms with Crippen molar-refractivity contribution in [2.24, 2.45) is 5.73 Å². The molecule has 21 heavy (non-hydrogen) atoms. The summed E-state index contributed by atoms with van der Waals surface area (Å²) in [5.74, 6) is 0.503. The fraction of sp³-hybridized carbons (Fsp3) is 0.455. The summed E-state index contributed by atoms with van der Waals surface area (Å²) in [5.41, 5.74) is 6.14. The average molecular weight is 376 g/mol. The third-order valence-corrected chi connectivity index (χ3v) is 4.00. The van der Waals surface area contributed by atoms with E-state index in [-0.39, 0.29) is 35.7 Å². The van der Waals surface area contributed by atoms with E-state index in [2.05, 4.69) is 10.3 Å². The van der Waals surface area contributed by atoms with Crippen molar-refractivity contribution in [3.63, 3.8) is 0 Å². The van der Waals surface area contributed by atoms with E-state index in [1.54, 1.807) is 11.8 Å². The summed E-state index contributed by atoms with van der Waals surface area (Å²) in [4.78, 5) is 15.5. The van der Waals surface area contributed by atoms with Crippen LogP contribution in [0.4, 0.5) is 5.69 Å². The first-order valence-corrected chi connectivity index (χ1v) is 8.84. The fourth-order valence-electron chi connectivity index (χ4n) is 1.28. The number of hydrogen-bond acceptors (Lipinski definition) is 6. The number of sulfone groups is 1. The summed E-state index contributed by atoms with van der Waals surface area (Å²) in [6.07, 6.45) is 4.90. The van der Waals surface area contributed by atoms with Crippen molar-refractivity contribution in [2.75, 3.05) is 23.6 Å². The molecule has 3 N–H and O–H groups in total. The molecule has 10 heteroatoms. The molecule has 6 nitrogen and oxygen atoms in total. The number of amides is 1. The van der Waals surface area contributed by atoms with Crippen LogP contribution in [0.5, 0.6) is 0 Å². The van der Waals surface area contributed by atoms with Gasteiger partial charge in [0.05, 0.1) is 17.9 Å². The van der Waals surface area contributed by atoms with Gasteiger partial charge in [-0.05, 0) is 30.6 Å². The number of nitrogens with two attached hydrogens (primary N) is 1. The summed E-state index contributed by atoms with van der Waals surface area (Å²) in [6.45, 7) is 0. The van der Waals surface area contributed by atoms with Crippen molar-refractivity contribution in [1.82, 2.24) is 4.98 Å². The Morgan fingerprint density at radius 3 is 2.48 bits per heavy atom. The summed E-state index contributed by atoms with van der Waals surface area (Å²) in [6, 6.07) is 2.25. The number of nitrogens with one attached hydrogen (secondary N) is 1. The number of halogens is 2. The van der Waals surface area contributed by atoms with Crippen LogP contribution in [-0.4, -0.2) is 43.6 Å². The van der Waals surface area contributed by atoms with Gasteiger partial charge in [-0.2, -0.15) is 11.8 Å². The zero-order valence-electron chi connectivity index (χ0n) is 11.6. The largest absolute Gasteiger partial charge is 0.323 e. The number of aromatic nitrogens is 1. The molecule has 0 fully saturated rings. The van der Waals surface area contributed by atoms with Crippen molar-refractivity contribution < 1.29 is 13.2 Å². The van der Waals surface area contributed by atoms with Crippen LogP contribution in [0.1, 0.15) is 6.42 Å². The van der Waals surface area contributed by atoms with E-state index in [4.69, 9.17) is 5.73 Å². The maximum atomic E-state index is 11.7. The molecular formula is C11H19Cl2N3O3S2. The molecule has 0 radical (unpaired) electrons. The Morgan fingerprint density at radius 1 is 1.43 bits per heavy atom. The summed E-state index contributed by atoms with van der Waals surface area (Å²) >= 11 is 1.62. The lowest BCUT2D eigenvalue weighted by Crippen LogP contribution is -2.36. The standard InChI is InChI=1S/C11H17N3O3S2.2ClH/c1-18-6-5-9(12)11(15)14-8-3-4-10(13-7-8)19(2,16)17;;/h3-4,7,9H,5-6,12H2,1-2H3,(H,14,15);2*1H/t9-;;/m0../s1. The van der Waals surface area contributed by atoms with Crippen LogP contribution in [0.3, 0.4) is 0 Å². The summed E-state index contributed by atoms with van der Waals surface area (Å²) < 4.78 is 22.4.